The largest absolute Gasteiger partial charge is 0.192 e. The van der Waals surface area contributed by atoms with E-state index in [4.69, 9.17) is 10.5 Å². The van der Waals surface area contributed by atoms with Crippen LogP contribution in [0.25, 0.3) is 22.3 Å². The first kappa shape index (κ1) is 17.2. The van der Waals surface area contributed by atoms with E-state index in [0.717, 1.165) is 0 Å². The van der Waals surface area contributed by atoms with Crippen LogP contribution in [-0.4, -0.2) is 0 Å². The summed E-state index contributed by atoms with van der Waals surface area (Å²) in [7, 11) is 0. The predicted octanol–water partition coefficient (Wildman–Crippen LogP) is 3.47. The van der Waals surface area contributed by atoms with Crippen LogP contribution in [0.2, 0.25) is 0 Å². The van der Waals surface area contributed by atoms with Gasteiger partial charge in [-0.25, -0.2) is 0 Å². The van der Waals surface area contributed by atoms with Crippen molar-refractivity contribution >= 4 is 58.9 Å². The van der Waals surface area contributed by atoms with Crippen LogP contribution in [0.15, 0.2) is 31.6 Å². The fraction of sp³-hybridized carbons (Fsp3) is 0. The zero-order valence-electron chi connectivity index (χ0n) is 11.2. The summed E-state index contributed by atoms with van der Waals surface area (Å²) in [6.45, 7) is 0. The second-order valence-electron chi connectivity index (χ2n) is 4.30. The molecule has 0 saturated heterocycles. The smallest absolute Gasteiger partial charge is 0.138 e. The molecule has 0 aliphatic heterocycles. The molecule has 2 aliphatic carbocycles. The third kappa shape index (κ3) is 3.00. The number of rotatable bonds is 0. The monoisotopic (exact) mass is 488 g/mol. The van der Waals surface area contributed by atoms with Gasteiger partial charge in [-0.3, -0.25) is 0 Å². The van der Waals surface area contributed by atoms with Crippen LogP contribution >= 0.6 is 47.8 Å². The molecule has 108 valence electrons. The molecule has 0 bridgehead atoms. The lowest BCUT2D eigenvalue weighted by atomic mass is 10.1. The minimum absolute atomic E-state index is 0.0289. The van der Waals surface area contributed by atoms with E-state index >= 15 is 0 Å². The van der Waals surface area contributed by atoms with Gasteiger partial charge in [0, 0.05) is 23.9 Å². The van der Waals surface area contributed by atoms with Crippen LogP contribution in [0, 0.1) is 45.3 Å². The Morgan fingerprint density at radius 3 is 1.78 bits per heavy atom. The highest BCUT2D eigenvalue weighted by Crippen LogP contribution is 2.35. The van der Waals surface area contributed by atoms with Crippen LogP contribution < -0.4 is 10.4 Å². The number of hydrogen-bond acceptors (Lipinski definition) is 4. The highest BCUT2D eigenvalue weighted by atomic mass is 79.9. The molecule has 0 saturated carbocycles. The van der Waals surface area contributed by atoms with Gasteiger partial charge >= 0.3 is 0 Å². The Morgan fingerprint density at radius 1 is 0.696 bits per heavy atom. The summed E-state index contributed by atoms with van der Waals surface area (Å²) in [6, 6.07) is 12.5. The maximum absolute atomic E-state index is 9.18. The number of halogens is 3. The second kappa shape index (κ2) is 6.95. The Bertz CT molecular complexity index is 1060. The van der Waals surface area contributed by atoms with Gasteiger partial charge in [0.05, 0.1) is 0 Å². The van der Waals surface area contributed by atoms with Gasteiger partial charge in [-0.2, -0.15) is 21.0 Å². The highest BCUT2D eigenvalue weighted by molar-refractivity contribution is 9.13. The fourth-order valence-electron chi connectivity index (χ4n) is 2.10. The first-order valence-electron chi connectivity index (χ1n) is 5.94. The van der Waals surface area contributed by atoms with Crippen molar-refractivity contribution in [3.63, 3.8) is 0 Å². The van der Waals surface area contributed by atoms with E-state index in [9.17, 15) is 10.5 Å². The third-order valence-electron chi connectivity index (χ3n) is 3.07. The number of fused-ring (bicyclic) bond motifs is 1. The average molecular weight is 491 g/mol. The molecule has 0 heterocycles. The Morgan fingerprint density at radius 2 is 1.26 bits per heavy atom. The summed E-state index contributed by atoms with van der Waals surface area (Å²) < 4.78 is 1.84. The molecule has 0 aromatic carbocycles. The molecule has 7 heteroatoms. The lowest BCUT2D eigenvalue weighted by Crippen LogP contribution is -2.05. The van der Waals surface area contributed by atoms with E-state index in [1.807, 2.05) is 24.3 Å². The number of nitrogens with zero attached hydrogens (tertiary/aromatic N) is 4. The SMILES string of the molecule is N#CC(C#N)=c1cc(Br)cc2c(=C(C#N)C#N)c(Br)c(Br)c-2c1. The van der Waals surface area contributed by atoms with Gasteiger partial charge in [0.2, 0.25) is 0 Å². The minimum atomic E-state index is -0.0306. The van der Waals surface area contributed by atoms with E-state index in [1.54, 1.807) is 18.2 Å². The molecular formula is C16H3Br3N4. The summed E-state index contributed by atoms with van der Waals surface area (Å²) in [5.41, 5.74) is 1.27. The first-order chi connectivity index (χ1) is 11.0. The summed E-state index contributed by atoms with van der Waals surface area (Å²) in [6.07, 6.45) is 0. The summed E-state index contributed by atoms with van der Waals surface area (Å²) in [5, 5.41) is 37.4. The summed E-state index contributed by atoms with van der Waals surface area (Å²) in [4.78, 5) is 0. The van der Waals surface area contributed by atoms with Gasteiger partial charge in [0.25, 0.3) is 0 Å². The van der Waals surface area contributed by atoms with Crippen molar-refractivity contribution in [2.45, 2.75) is 0 Å². The lowest BCUT2D eigenvalue weighted by Gasteiger charge is -1.93. The fourth-order valence-corrected chi connectivity index (χ4v) is 3.72. The molecule has 0 aromatic heterocycles. The number of hydrogen-bond donors (Lipinski definition) is 0. The molecule has 0 amide bonds. The number of nitriles is 4. The predicted molar refractivity (Wildman–Crippen MR) is 94.7 cm³/mol. The van der Waals surface area contributed by atoms with E-state index in [1.165, 1.54) is 0 Å². The lowest BCUT2D eigenvalue weighted by molar-refractivity contribution is 1.49. The molecule has 0 N–H and O–H groups in total. The van der Waals surface area contributed by atoms with E-state index in [-0.39, 0.29) is 11.1 Å². The molecular weight excluding hydrogens is 488 g/mol. The molecule has 0 radical (unpaired) electrons. The Labute approximate surface area is 156 Å². The summed E-state index contributed by atoms with van der Waals surface area (Å²) >= 11 is 10.2. The van der Waals surface area contributed by atoms with Crippen LogP contribution in [0.3, 0.4) is 0 Å². The zero-order chi connectivity index (χ0) is 17.1. The maximum Gasteiger partial charge on any atom is 0.138 e. The van der Waals surface area contributed by atoms with Crippen molar-refractivity contribution in [3.05, 3.63) is 42.1 Å². The normalized spacial score (nSPS) is 9.35. The van der Waals surface area contributed by atoms with E-state index in [2.05, 4.69) is 47.8 Å². The molecule has 2 aliphatic rings. The van der Waals surface area contributed by atoms with E-state index < -0.39 is 0 Å². The van der Waals surface area contributed by atoms with Crippen molar-refractivity contribution in [1.29, 1.82) is 21.0 Å². The quantitative estimate of drug-likeness (QED) is 0.565. The maximum atomic E-state index is 9.18. The van der Waals surface area contributed by atoms with Crippen molar-refractivity contribution in [2.24, 2.45) is 0 Å². The first-order valence-corrected chi connectivity index (χ1v) is 8.32. The molecule has 4 nitrogen and oxygen atoms in total. The van der Waals surface area contributed by atoms with Gasteiger partial charge in [-0.05, 0) is 61.2 Å². The van der Waals surface area contributed by atoms with Crippen LogP contribution in [0.4, 0.5) is 0 Å². The molecule has 0 fully saturated rings. The van der Waals surface area contributed by atoms with Gasteiger partial charge in [-0.1, -0.05) is 15.9 Å². The van der Waals surface area contributed by atoms with Crippen molar-refractivity contribution in [2.75, 3.05) is 0 Å². The Hall–Kier alpha value is -2.16. The Balaban J connectivity index is 3.19. The van der Waals surface area contributed by atoms with Crippen molar-refractivity contribution < 1.29 is 0 Å². The standard InChI is InChI=1S/C16H3Br3N4/c17-11-1-8(9(4-20)5-21)2-13-12(3-11)14(10(6-22)7-23)16(19)15(13)18/h1-3H. The summed E-state index contributed by atoms with van der Waals surface area (Å²) in [5.74, 6) is 0. The van der Waals surface area contributed by atoms with Gasteiger partial charge in [-0.15, -0.1) is 0 Å². The van der Waals surface area contributed by atoms with Gasteiger partial charge in [0.1, 0.15) is 35.4 Å². The Kier molecular flexibility index (Phi) is 5.19. The van der Waals surface area contributed by atoms with Crippen LogP contribution in [0.1, 0.15) is 0 Å². The molecule has 0 spiro atoms. The third-order valence-corrected chi connectivity index (χ3v) is 5.68. The van der Waals surface area contributed by atoms with Gasteiger partial charge < -0.3 is 0 Å². The van der Waals surface area contributed by atoms with Crippen molar-refractivity contribution in [1.82, 2.24) is 0 Å². The molecule has 23 heavy (non-hydrogen) atoms. The average Bonchev–Trinajstić information content (AvgIpc) is 2.67. The molecule has 2 rings (SSSR count). The molecule has 0 atom stereocenters. The second-order valence-corrected chi connectivity index (χ2v) is 6.80. The van der Waals surface area contributed by atoms with Crippen molar-refractivity contribution in [3.8, 4) is 35.4 Å². The molecule has 0 aromatic rings. The van der Waals surface area contributed by atoms with Crippen LogP contribution in [-0.2, 0) is 0 Å². The zero-order valence-corrected chi connectivity index (χ0v) is 15.9. The highest BCUT2D eigenvalue weighted by Gasteiger charge is 2.19. The van der Waals surface area contributed by atoms with E-state index in [0.29, 0.717) is 35.0 Å². The van der Waals surface area contributed by atoms with Gasteiger partial charge in [0.15, 0.2) is 0 Å². The molecule has 0 unspecified atom stereocenters. The van der Waals surface area contributed by atoms with Crippen LogP contribution in [0.5, 0.6) is 0 Å². The minimum Gasteiger partial charge on any atom is -0.192 e. The topological polar surface area (TPSA) is 95.2 Å².